The second-order valence-electron chi connectivity index (χ2n) is 4.29. The van der Waals surface area contributed by atoms with E-state index < -0.39 is 0 Å². The van der Waals surface area contributed by atoms with Crippen molar-refractivity contribution in [1.29, 1.82) is 0 Å². The zero-order valence-electron chi connectivity index (χ0n) is 10.1. The second-order valence-corrected chi connectivity index (χ2v) is 6.85. The van der Waals surface area contributed by atoms with Crippen molar-refractivity contribution in [3.8, 4) is 5.75 Å². The molecule has 2 unspecified atom stereocenters. The van der Waals surface area contributed by atoms with Crippen molar-refractivity contribution < 1.29 is 5.11 Å². The van der Waals surface area contributed by atoms with Gasteiger partial charge in [-0.1, -0.05) is 12.1 Å². The third-order valence-corrected chi connectivity index (χ3v) is 5.77. The first kappa shape index (κ1) is 13.1. The summed E-state index contributed by atoms with van der Waals surface area (Å²) in [5.74, 6) is 4.18. The van der Waals surface area contributed by atoms with Gasteiger partial charge in [-0.2, -0.15) is 23.5 Å². The summed E-state index contributed by atoms with van der Waals surface area (Å²) < 4.78 is 0. The van der Waals surface area contributed by atoms with E-state index in [2.05, 4.69) is 35.8 Å². The molecule has 4 heteroatoms. The Balaban J connectivity index is 1.80. The highest BCUT2D eigenvalue weighted by molar-refractivity contribution is 8.06. The van der Waals surface area contributed by atoms with Gasteiger partial charge in [-0.15, -0.1) is 0 Å². The predicted octanol–water partition coefficient (Wildman–Crippen LogP) is 2.89. The molecule has 0 aromatic heterocycles. The molecule has 0 saturated carbocycles. The van der Waals surface area contributed by atoms with Crippen LogP contribution in [0, 0.1) is 0 Å². The summed E-state index contributed by atoms with van der Waals surface area (Å²) >= 11 is 4.14. The first-order valence-corrected chi connectivity index (χ1v) is 8.17. The van der Waals surface area contributed by atoms with Crippen molar-refractivity contribution in [1.82, 2.24) is 5.32 Å². The van der Waals surface area contributed by atoms with Crippen molar-refractivity contribution in [2.45, 2.75) is 18.2 Å². The number of aromatic hydroxyl groups is 1. The van der Waals surface area contributed by atoms with Crippen LogP contribution in [0.3, 0.4) is 0 Å². The molecule has 1 heterocycles. The Morgan fingerprint density at radius 3 is 2.76 bits per heavy atom. The van der Waals surface area contributed by atoms with Crippen LogP contribution in [0.1, 0.15) is 18.5 Å². The standard InChI is InChI=1S/C13H19NOS2/c1-10(11-2-4-12(15)5-3-11)14-8-13-9-16-6-7-17-13/h2-5,10,13-15H,6-9H2,1H3. The Morgan fingerprint density at radius 1 is 1.35 bits per heavy atom. The van der Waals surface area contributed by atoms with Gasteiger partial charge < -0.3 is 10.4 Å². The minimum absolute atomic E-state index is 0.334. The summed E-state index contributed by atoms with van der Waals surface area (Å²) in [6.45, 7) is 3.24. The molecule has 1 aliphatic heterocycles. The van der Waals surface area contributed by atoms with E-state index in [1.165, 1.54) is 22.8 Å². The third kappa shape index (κ3) is 4.12. The zero-order valence-corrected chi connectivity index (χ0v) is 11.7. The Labute approximate surface area is 112 Å². The molecule has 2 rings (SSSR count). The SMILES string of the molecule is CC(NCC1CSCCS1)c1ccc(O)cc1. The average molecular weight is 269 g/mol. The molecule has 94 valence electrons. The minimum atomic E-state index is 0.334. The van der Waals surface area contributed by atoms with E-state index in [0.29, 0.717) is 11.8 Å². The Morgan fingerprint density at radius 2 is 2.12 bits per heavy atom. The quantitative estimate of drug-likeness (QED) is 0.880. The Kier molecular flexibility index (Phi) is 5.07. The van der Waals surface area contributed by atoms with E-state index in [-0.39, 0.29) is 0 Å². The monoisotopic (exact) mass is 269 g/mol. The van der Waals surface area contributed by atoms with Gasteiger partial charge >= 0.3 is 0 Å². The highest BCUT2D eigenvalue weighted by Gasteiger charge is 2.15. The lowest BCUT2D eigenvalue weighted by molar-refractivity contribution is 0.474. The van der Waals surface area contributed by atoms with Crippen LogP contribution in [-0.4, -0.2) is 34.2 Å². The van der Waals surface area contributed by atoms with Gasteiger partial charge in [0.2, 0.25) is 0 Å². The van der Waals surface area contributed by atoms with Crippen LogP contribution in [0.15, 0.2) is 24.3 Å². The maximum Gasteiger partial charge on any atom is 0.115 e. The van der Waals surface area contributed by atoms with E-state index in [4.69, 9.17) is 0 Å². The van der Waals surface area contributed by atoms with Crippen molar-refractivity contribution in [2.75, 3.05) is 23.8 Å². The average Bonchev–Trinajstić information content (AvgIpc) is 2.38. The van der Waals surface area contributed by atoms with E-state index >= 15 is 0 Å². The molecule has 0 bridgehead atoms. The van der Waals surface area contributed by atoms with Gasteiger partial charge in [0.15, 0.2) is 0 Å². The first-order chi connectivity index (χ1) is 8.25. The molecule has 0 aliphatic carbocycles. The largest absolute Gasteiger partial charge is 0.508 e. The predicted molar refractivity (Wildman–Crippen MR) is 78.1 cm³/mol. The van der Waals surface area contributed by atoms with Crippen LogP contribution >= 0.6 is 23.5 Å². The van der Waals surface area contributed by atoms with Crippen LogP contribution in [0.5, 0.6) is 5.75 Å². The van der Waals surface area contributed by atoms with E-state index in [1.54, 1.807) is 12.1 Å². The molecule has 1 aromatic rings. The van der Waals surface area contributed by atoms with Crippen LogP contribution in [0.25, 0.3) is 0 Å². The van der Waals surface area contributed by atoms with Crippen molar-refractivity contribution in [3.05, 3.63) is 29.8 Å². The van der Waals surface area contributed by atoms with Gasteiger partial charge in [-0.25, -0.2) is 0 Å². The van der Waals surface area contributed by atoms with Gasteiger partial charge in [-0.3, -0.25) is 0 Å². The number of benzene rings is 1. The number of nitrogens with one attached hydrogen (secondary N) is 1. The van der Waals surface area contributed by atoms with Gasteiger partial charge in [0, 0.05) is 35.1 Å². The van der Waals surface area contributed by atoms with Crippen molar-refractivity contribution in [2.24, 2.45) is 0 Å². The number of phenols is 1. The molecule has 1 fully saturated rings. The fourth-order valence-corrected chi connectivity index (χ4v) is 4.47. The molecule has 0 radical (unpaired) electrons. The molecule has 2 N–H and O–H groups in total. The van der Waals surface area contributed by atoms with E-state index in [9.17, 15) is 5.11 Å². The first-order valence-electron chi connectivity index (χ1n) is 5.97. The highest BCUT2D eigenvalue weighted by atomic mass is 32.2. The van der Waals surface area contributed by atoms with Crippen LogP contribution in [0.4, 0.5) is 0 Å². The highest BCUT2D eigenvalue weighted by Crippen LogP contribution is 2.24. The molecule has 0 amide bonds. The minimum Gasteiger partial charge on any atom is -0.508 e. The molecule has 1 saturated heterocycles. The van der Waals surface area contributed by atoms with Crippen LogP contribution < -0.4 is 5.32 Å². The summed E-state index contributed by atoms with van der Waals surface area (Å²) in [5.41, 5.74) is 1.23. The van der Waals surface area contributed by atoms with E-state index in [1.807, 2.05) is 12.1 Å². The summed E-state index contributed by atoms with van der Waals surface area (Å²) in [6.07, 6.45) is 0. The molecule has 1 aromatic carbocycles. The number of phenolic OH excluding ortho intramolecular Hbond substituents is 1. The Hall–Kier alpha value is -0.320. The number of rotatable bonds is 4. The second kappa shape index (κ2) is 6.57. The molecule has 17 heavy (non-hydrogen) atoms. The van der Waals surface area contributed by atoms with Gasteiger partial charge in [0.25, 0.3) is 0 Å². The molecule has 1 aliphatic rings. The summed E-state index contributed by atoms with van der Waals surface area (Å²) in [4.78, 5) is 0. The van der Waals surface area contributed by atoms with E-state index in [0.717, 1.165) is 11.8 Å². The fraction of sp³-hybridized carbons (Fsp3) is 0.538. The van der Waals surface area contributed by atoms with Crippen molar-refractivity contribution >= 4 is 23.5 Å². The molecule has 0 spiro atoms. The van der Waals surface area contributed by atoms with Crippen LogP contribution in [0.2, 0.25) is 0 Å². The molecule has 2 atom stereocenters. The van der Waals surface area contributed by atoms with Gasteiger partial charge in [0.05, 0.1) is 0 Å². The molecule has 2 nitrogen and oxygen atoms in total. The number of thioether (sulfide) groups is 2. The molecular weight excluding hydrogens is 250 g/mol. The molecular formula is C13H19NOS2. The summed E-state index contributed by atoms with van der Waals surface area (Å²) in [5, 5.41) is 13.6. The van der Waals surface area contributed by atoms with Gasteiger partial charge in [-0.05, 0) is 24.6 Å². The lowest BCUT2D eigenvalue weighted by Gasteiger charge is -2.23. The maximum absolute atomic E-state index is 9.25. The smallest absolute Gasteiger partial charge is 0.115 e. The maximum atomic E-state index is 9.25. The lowest BCUT2D eigenvalue weighted by Crippen LogP contribution is -2.30. The zero-order chi connectivity index (χ0) is 12.1. The number of hydrogen-bond donors (Lipinski definition) is 2. The number of hydrogen-bond acceptors (Lipinski definition) is 4. The lowest BCUT2D eigenvalue weighted by atomic mass is 10.1. The topological polar surface area (TPSA) is 32.3 Å². The van der Waals surface area contributed by atoms with Gasteiger partial charge in [0.1, 0.15) is 5.75 Å². The van der Waals surface area contributed by atoms with Crippen molar-refractivity contribution in [3.63, 3.8) is 0 Å². The third-order valence-electron chi connectivity index (χ3n) is 2.93. The normalized spacial score (nSPS) is 22.3. The fourth-order valence-electron chi connectivity index (χ4n) is 1.84. The Bertz CT molecular complexity index is 336. The summed E-state index contributed by atoms with van der Waals surface area (Å²) in [6, 6.07) is 7.81. The summed E-state index contributed by atoms with van der Waals surface area (Å²) in [7, 11) is 0. The van der Waals surface area contributed by atoms with Crippen LogP contribution in [-0.2, 0) is 0 Å².